The molecule has 1 aromatic carbocycles. The Labute approximate surface area is 177 Å². The van der Waals surface area contributed by atoms with Gasteiger partial charge < -0.3 is 39.1 Å². The monoisotopic (exact) mass is 424 g/mol. The van der Waals surface area contributed by atoms with Crippen LogP contribution in [0.25, 0.3) is 0 Å². The lowest BCUT2D eigenvalue weighted by Gasteiger charge is -2.22. The van der Waals surface area contributed by atoms with Crippen LogP contribution in [0.2, 0.25) is 0 Å². The lowest BCUT2D eigenvalue weighted by molar-refractivity contribution is -0.152. The summed E-state index contributed by atoms with van der Waals surface area (Å²) in [7, 11) is 2.70. The number of amides is 1. The summed E-state index contributed by atoms with van der Waals surface area (Å²) in [5.74, 6) is 0.0218. The highest BCUT2D eigenvalue weighted by molar-refractivity contribution is 5.82. The fourth-order valence-electron chi connectivity index (χ4n) is 3.10. The SMILES string of the molecule is CNCC(=O)N1CC2(CC1C=O)OCCO2.CO.O=CCCCOc1ccccc1. The van der Waals surface area contributed by atoms with E-state index in [1.807, 2.05) is 30.3 Å². The van der Waals surface area contributed by atoms with E-state index in [0.29, 0.717) is 39.2 Å². The third kappa shape index (κ3) is 8.19. The number of hydrogen-bond donors (Lipinski definition) is 2. The third-order valence-electron chi connectivity index (χ3n) is 4.43. The molecule has 2 heterocycles. The van der Waals surface area contributed by atoms with Crippen molar-refractivity contribution in [1.82, 2.24) is 10.2 Å². The predicted octanol–water partition coefficient (Wildman–Crippen LogP) is 0.402. The maximum absolute atomic E-state index is 11.7. The quantitative estimate of drug-likeness (QED) is 0.455. The van der Waals surface area contributed by atoms with Crippen molar-refractivity contribution in [2.24, 2.45) is 0 Å². The number of aliphatic hydroxyl groups excluding tert-OH is 1. The second-order valence-electron chi connectivity index (χ2n) is 6.54. The van der Waals surface area contributed by atoms with Gasteiger partial charge in [-0.2, -0.15) is 0 Å². The molecule has 1 spiro atoms. The van der Waals surface area contributed by atoms with Crippen molar-refractivity contribution in [3.05, 3.63) is 30.3 Å². The summed E-state index contributed by atoms with van der Waals surface area (Å²) in [4.78, 5) is 34.2. The molecule has 3 rings (SSSR count). The summed E-state index contributed by atoms with van der Waals surface area (Å²) in [6.45, 7) is 2.24. The third-order valence-corrected chi connectivity index (χ3v) is 4.43. The largest absolute Gasteiger partial charge is 0.494 e. The molecule has 0 aliphatic carbocycles. The zero-order chi connectivity index (χ0) is 22.2. The van der Waals surface area contributed by atoms with Gasteiger partial charge in [-0.15, -0.1) is 0 Å². The van der Waals surface area contributed by atoms with Crippen molar-refractivity contribution >= 4 is 18.5 Å². The van der Waals surface area contributed by atoms with Crippen molar-refractivity contribution in [2.45, 2.75) is 31.1 Å². The number of likely N-dealkylation sites (N-methyl/N-ethyl adjacent to an activating group) is 1. The highest BCUT2D eigenvalue weighted by atomic mass is 16.7. The van der Waals surface area contributed by atoms with E-state index in [9.17, 15) is 14.4 Å². The van der Waals surface area contributed by atoms with Crippen LogP contribution in [0.5, 0.6) is 5.75 Å². The van der Waals surface area contributed by atoms with E-state index < -0.39 is 11.8 Å². The Bertz CT molecular complexity index is 621. The molecule has 2 fully saturated rings. The number of carbonyl (C=O) groups is 3. The second kappa shape index (κ2) is 14.6. The molecule has 2 saturated heterocycles. The second-order valence-corrected chi connectivity index (χ2v) is 6.54. The maximum atomic E-state index is 11.7. The highest BCUT2D eigenvalue weighted by Crippen LogP contribution is 2.33. The first-order chi connectivity index (χ1) is 14.6. The van der Waals surface area contributed by atoms with Crippen molar-refractivity contribution in [3.63, 3.8) is 0 Å². The number of likely N-dealkylation sites (tertiary alicyclic amines) is 1. The van der Waals surface area contributed by atoms with Gasteiger partial charge in [-0.1, -0.05) is 18.2 Å². The van der Waals surface area contributed by atoms with E-state index >= 15 is 0 Å². The number of unbranched alkanes of at least 4 members (excludes halogenated alkanes) is 1. The maximum Gasteiger partial charge on any atom is 0.237 e. The van der Waals surface area contributed by atoms with Gasteiger partial charge >= 0.3 is 0 Å². The molecule has 0 aromatic heterocycles. The minimum Gasteiger partial charge on any atom is -0.494 e. The summed E-state index contributed by atoms with van der Waals surface area (Å²) in [5.41, 5.74) is 0. The molecule has 2 aliphatic rings. The fourth-order valence-corrected chi connectivity index (χ4v) is 3.10. The number of nitrogens with one attached hydrogen (secondary N) is 1. The zero-order valence-electron chi connectivity index (χ0n) is 17.6. The molecule has 0 bridgehead atoms. The van der Waals surface area contributed by atoms with Crippen LogP contribution in [0, 0.1) is 0 Å². The number of carbonyl (C=O) groups excluding carboxylic acids is 3. The molecule has 1 amide bonds. The standard InChI is InChI=1S/C10H16N2O4.C10H12O2.CH4O/c1-11-5-9(14)12-7-10(4-8(12)6-13)15-2-3-16-10;11-8-4-5-9-12-10-6-2-1-3-7-10;1-2/h6,8,11H,2-5,7H2,1H3;1-3,6-8H,4-5,9H2;2H,1H3. The molecule has 1 aromatic rings. The van der Waals surface area contributed by atoms with Gasteiger partial charge in [0.05, 0.1) is 39.0 Å². The topological polar surface area (TPSA) is 114 Å². The molecule has 0 radical (unpaired) electrons. The number of ether oxygens (including phenoxy) is 3. The Balaban J connectivity index is 0.000000287. The van der Waals surface area contributed by atoms with Crippen LogP contribution >= 0.6 is 0 Å². The molecule has 0 saturated carbocycles. The van der Waals surface area contributed by atoms with Crippen LogP contribution in [-0.2, 0) is 23.9 Å². The van der Waals surface area contributed by atoms with E-state index in [1.54, 1.807) is 7.05 Å². The predicted molar refractivity (Wildman–Crippen MR) is 110 cm³/mol. The average Bonchev–Trinajstić information content (AvgIpc) is 3.41. The first kappa shape index (κ1) is 25.7. The molecule has 30 heavy (non-hydrogen) atoms. The number of aldehydes is 2. The Morgan fingerprint density at radius 3 is 2.50 bits per heavy atom. The molecule has 9 nitrogen and oxygen atoms in total. The summed E-state index contributed by atoms with van der Waals surface area (Å²) in [6, 6.07) is 9.17. The average molecular weight is 424 g/mol. The Morgan fingerprint density at radius 1 is 1.27 bits per heavy atom. The Morgan fingerprint density at radius 2 is 1.93 bits per heavy atom. The molecular weight excluding hydrogens is 392 g/mol. The minimum atomic E-state index is -0.741. The van der Waals surface area contributed by atoms with Crippen LogP contribution in [0.1, 0.15) is 19.3 Å². The number of hydrogen-bond acceptors (Lipinski definition) is 8. The van der Waals surface area contributed by atoms with Crippen LogP contribution in [0.4, 0.5) is 0 Å². The van der Waals surface area contributed by atoms with Crippen molar-refractivity contribution in [3.8, 4) is 5.75 Å². The van der Waals surface area contributed by atoms with E-state index in [4.69, 9.17) is 19.3 Å². The number of rotatable bonds is 8. The smallest absolute Gasteiger partial charge is 0.237 e. The Kier molecular flexibility index (Phi) is 12.5. The van der Waals surface area contributed by atoms with Crippen molar-refractivity contribution < 1.29 is 33.7 Å². The molecular formula is C21H32N2O7. The van der Waals surface area contributed by atoms with E-state index in [0.717, 1.165) is 31.9 Å². The number of aliphatic hydroxyl groups is 1. The van der Waals surface area contributed by atoms with Gasteiger partial charge in [-0.05, 0) is 25.6 Å². The lowest BCUT2D eigenvalue weighted by Crippen LogP contribution is -2.42. The first-order valence-electron chi connectivity index (χ1n) is 9.87. The van der Waals surface area contributed by atoms with Gasteiger partial charge in [0, 0.05) is 20.0 Å². The van der Waals surface area contributed by atoms with Crippen molar-refractivity contribution in [2.75, 3.05) is 47.1 Å². The molecule has 2 aliphatic heterocycles. The molecule has 2 N–H and O–H groups in total. The van der Waals surface area contributed by atoms with Gasteiger partial charge in [0.1, 0.15) is 18.3 Å². The van der Waals surface area contributed by atoms with Gasteiger partial charge in [0.2, 0.25) is 5.91 Å². The van der Waals surface area contributed by atoms with Crippen LogP contribution < -0.4 is 10.1 Å². The van der Waals surface area contributed by atoms with E-state index in [-0.39, 0.29) is 12.5 Å². The van der Waals surface area contributed by atoms with Gasteiger partial charge in [-0.25, -0.2) is 0 Å². The summed E-state index contributed by atoms with van der Waals surface area (Å²) < 4.78 is 16.3. The first-order valence-corrected chi connectivity index (χ1v) is 9.87. The summed E-state index contributed by atoms with van der Waals surface area (Å²) in [6.07, 6.45) is 3.50. The van der Waals surface area contributed by atoms with Gasteiger partial charge in [-0.3, -0.25) is 4.79 Å². The van der Waals surface area contributed by atoms with Gasteiger partial charge in [0.25, 0.3) is 0 Å². The molecule has 1 unspecified atom stereocenters. The van der Waals surface area contributed by atoms with E-state index in [2.05, 4.69) is 5.32 Å². The number of benzene rings is 1. The lowest BCUT2D eigenvalue weighted by atomic mass is 10.2. The number of nitrogens with zero attached hydrogens (tertiary/aromatic N) is 1. The summed E-state index contributed by atoms with van der Waals surface area (Å²) >= 11 is 0. The van der Waals surface area contributed by atoms with Crippen LogP contribution in [0.15, 0.2) is 30.3 Å². The normalized spacial score (nSPS) is 18.6. The van der Waals surface area contributed by atoms with Crippen molar-refractivity contribution in [1.29, 1.82) is 0 Å². The number of para-hydroxylation sites is 1. The van der Waals surface area contributed by atoms with E-state index in [1.165, 1.54) is 4.90 Å². The Hall–Kier alpha value is -2.33. The van der Waals surface area contributed by atoms with Gasteiger partial charge in [0.15, 0.2) is 5.79 Å². The highest BCUT2D eigenvalue weighted by Gasteiger charge is 2.49. The molecule has 168 valence electrons. The van der Waals surface area contributed by atoms with Crippen LogP contribution in [0.3, 0.4) is 0 Å². The van der Waals surface area contributed by atoms with Crippen LogP contribution in [-0.4, -0.2) is 87.4 Å². The summed E-state index contributed by atoms with van der Waals surface area (Å²) in [5, 5.41) is 9.78. The molecule has 9 heteroatoms. The zero-order valence-corrected chi connectivity index (χ0v) is 17.6. The molecule has 1 atom stereocenters. The minimum absolute atomic E-state index is 0.101. The fraction of sp³-hybridized carbons (Fsp3) is 0.571.